The number of nitrogens with zero attached hydrogens (tertiary/aromatic N) is 5. The Morgan fingerprint density at radius 1 is 1.11 bits per heavy atom. The van der Waals surface area contributed by atoms with Crippen LogP contribution in [0.4, 0.5) is 25.7 Å². The van der Waals surface area contributed by atoms with Crippen molar-refractivity contribution in [2.75, 3.05) is 43.0 Å². The first-order valence-corrected chi connectivity index (χ1v) is 12.4. The minimum Gasteiger partial charge on any atom is -0.447 e. The molecule has 2 aliphatic rings. The molecule has 2 aromatic rings. The minimum absolute atomic E-state index is 0.0948. The molecule has 2 aliphatic heterocycles. The maximum Gasteiger partial charge on any atom is 0.416 e. The molecule has 1 aromatic heterocycles. The normalized spacial score (nSPS) is 18.1. The maximum absolute atomic E-state index is 14.2. The Balaban J connectivity index is 1.29. The van der Waals surface area contributed by atoms with Crippen LogP contribution in [0.15, 0.2) is 30.3 Å². The van der Waals surface area contributed by atoms with Gasteiger partial charge in [-0.3, -0.25) is 9.80 Å². The largest absolute Gasteiger partial charge is 0.447 e. The highest BCUT2D eigenvalue weighted by Crippen LogP contribution is 2.29. The second-order valence-corrected chi connectivity index (χ2v) is 11.0. The summed E-state index contributed by atoms with van der Waals surface area (Å²) >= 11 is 0. The predicted octanol–water partition coefficient (Wildman–Crippen LogP) is 4.02. The number of carbonyl (C=O) groups is 2. The third-order valence-corrected chi connectivity index (χ3v) is 6.15. The first-order valence-electron chi connectivity index (χ1n) is 12.4. The van der Waals surface area contributed by atoms with Crippen LogP contribution in [0, 0.1) is 5.95 Å². The summed E-state index contributed by atoms with van der Waals surface area (Å²) in [6.45, 7) is 13.5. The molecule has 0 spiro atoms. The van der Waals surface area contributed by atoms with E-state index in [1.807, 2.05) is 46.8 Å². The van der Waals surface area contributed by atoms with Gasteiger partial charge >= 0.3 is 12.2 Å². The Morgan fingerprint density at radius 3 is 2.35 bits per heavy atom. The number of nitrogens with one attached hydrogen (secondary N) is 1. The van der Waals surface area contributed by atoms with Gasteiger partial charge in [-0.15, -0.1) is 0 Å². The molecule has 2 saturated heterocycles. The molecule has 0 saturated carbocycles. The Kier molecular flexibility index (Phi) is 7.54. The van der Waals surface area contributed by atoms with Crippen LogP contribution in [0.5, 0.6) is 0 Å². The molecule has 4 rings (SSSR count). The summed E-state index contributed by atoms with van der Waals surface area (Å²) in [6, 6.07) is 9.23. The summed E-state index contributed by atoms with van der Waals surface area (Å²) in [6.07, 6.45) is -0.821. The fraction of sp³-hybridized carbons (Fsp3) is 0.538. The van der Waals surface area contributed by atoms with E-state index in [4.69, 9.17) is 9.47 Å². The molecule has 2 fully saturated rings. The molecule has 2 amide bonds. The molecule has 0 unspecified atom stereocenters. The zero-order chi connectivity index (χ0) is 26.8. The van der Waals surface area contributed by atoms with Gasteiger partial charge in [-0.05, 0) is 45.7 Å². The van der Waals surface area contributed by atoms with Crippen molar-refractivity contribution in [3.8, 4) is 0 Å². The van der Waals surface area contributed by atoms with E-state index in [-0.39, 0.29) is 24.5 Å². The lowest BCUT2D eigenvalue weighted by Crippen LogP contribution is -2.49. The third kappa shape index (κ3) is 6.85. The highest BCUT2D eigenvalue weighted by Gasteiger charge is 2.42. The number of halogens is 1. The van der Waals surface area contributed by atoms with Crippen LogP contribution in [0.25, 0.3) is 0 Å². The smallest absolute Gasteiger partial charge is 0.416 e. The van der Waals surface area contributed by atoms with Crippen LogP contribution < -0.4 is 10.2 Å². The van der Waals surface area contributed by atoms with Crippen molar-refractivity contribution in [3.05, 3.63) is 47.4 Å². The van der Waals surface area contributed by atoms with Crippen molar-refractivity contribution in [2.24, 2.45) is 0 Å². The maximum atomic E-state index is 14.2. The fourth-order valence-corrected chi connectivity index (χ4v) is 4.23. The number of cyclic esters (lactones) is 1. The van der Waals surface area contributed by atoms with Crippen LogP contribution in [0.1, 0.15) is 45.7 Å². The van der Waals surface area contributed by atoms with E-state index < -0.39 is 23.2 Å². The molecule has 1 aromatic carbocycles. The van der Waals surface area contributed by atoms with Crippen molar-refractivity contribution in [1.82, 2.24) is 19.8 Å². The zero-order valence-corrected chi connectivity index (χ0v) is 22.1. The third-order valence-electron chi connectivity index (χ3n) is 6.15. The number of rotatable bonds is 6. The molecule has 1 N–H and O–H groups in total. The summed E-state index contributed by atoms with van der Waals surface area (Å²) < 4.78 is 24.8. The van der Waals surface area contributed by atoms with Crippen molar-refractivity contribution in [3.63, 3.8) is 0 Å². The monoisotopic (exact) mass is 514 g/mol. The Hall–Kier alpha value is -3.47. The number of amides is 2. The van der Waals surface area contributed by atoms with Gasteiger partial charge in [0.1, 0.15) is 18.0 Å². The Bertz CT molecular complexity index is 1130. The van der Waals surface area contributed by atoms with E-state index in [0.717, 1.165) is 36.8 Å². The molecule has 3 heterocycles. The lowest BCUT2D eigenvalue weighted by atomic mass is 10.1. The van der Waals surface area contributed by atoms with E-state index in [1.165, 1.54) is 4.90 Å². The van der Waals surface area contributed by atoms with Gasteiger partial charge in [-0.2, -0.15) is 14.4 Å². The van der Waals surface area contributed by atoms with Gasteiger partial charge in [0.2, 0.25) is 11.9 Å². The van der Waals surface area contributed by atoms with Gasteiger partial charge in [0.05, 0.1) is 5.54 Å². The van der Waals surface area contributed by atoms with Gasteiger partial charge < -0.3 is 19.7 Å². The quantitative estimate of drug-likeness (QED) is 0.577. The van der Waals surface area contributed by atoms with Crippen LogP contribution in [0.3, 0.4) is 0 Å². The molecule has 0 radical (unpaired) electrons. The summed E-state index contributed by atoms with van der Waals surface area (Å²) in [5.41, 5.74) is 1.02. The van der Waals surface area contributed by atoms with Crippen molar-refractivity contribution in [1.29, 1.82) is 0 Å². The van der Waals surface area contributed by atoms with Crippen molar-refractivity contribution < 1.29 is 23.5 Å². The summed E-state index contributed by atoms with van der Waals surface area (Å²) in [4.78, 5) is 37.9. The van der Waals surface area contributed by atoms with Crippen LogP contribution >= 0.6 is 0 Å². The summed E-state index contributed by atoms with van der Waals surface area (Å²) in [7, 11) is 0. The van der Waals surface area contributed by atoms with Crippen LogP contribution in [-0.2, 0) is 22.6 Å². The lowest BCUT2D eigenvalue weighted by Gasteiger charge is -2.35. The minimum atomic E-state index is -0.731. The van der Waals surface area contributed by atoms with E-state index in [0.29, 0.717) is 19.6 Å². The Labute approximate surface area is 216 Å². The van der Waals surface area contributed by atoms with E-state index in [2.05, 4.69) is 32.3 Å². The Morgan fingerprint density at radius 2 is 1.76 bits per heavy atom. The molecular formula is C26H35FN6O4. The first kappa shape index (κ1) is 26.6. The van der Waals surface area contributed by atoms with Crippen LogP contribution in [-0.4, -0.2) is 75.9 Å². The topological polar surface area (TPSA) is 100 Å². The first-order chi connectivity index (χ1) is 17.4. The van der Waals surface area contributed by atoms with Gasteiger partial charge in [-0.25, -0.2) is 9.59 Å². The second kappa shape index (κ2) is 10.5. The fourth-order valence-electron chi connectivity index (χ4n) is 4.23. The highest BCUT2D eigenvalue weighted by atomic mass is 19.1. The number of aromatic nitrogens is 2. The standard InChI is InChI=1S/C26H35FN6O4/c1-25(2,3)37-23(34)32-12-10-31(11-13-32)16-19-8-6-18(7-9-19)15-28-22-29-20(27)14-21(30-22)33-24(35)36-17-26(33,4)5/h6-9,14H,10-13,15-17H2,1-5H3,(H,28,29,30). The lowest BCUT2D eigenvalue weighted by molar-refractivity contribution is 0.0139. The molecule has 10 nitrogen and oxygen atoms in total. The summed E-state index contributed by atoms with van der Waals surface area (Å²) in [5, 5.41) is 3.04. The van der Waals surface area contributed by atoms with Gasteiger partial charge in [-0.1, -0.05) is 24.3 Å². The average Bonchev–Trinajstić information content (AvgIpc) is 3.09. The number of hydrogen-bond donors (Lipinski definition) is 1. The molecular weight excluding hydrogens is 479 g/mol. The number of ether oxygens (including phenoxy) is 2. The SMILES string of the molecule is CC(C)(C)OC(=O)N1CCN(Cc2ccc(CNc3nc(F)cc(N4C(=O)OCC4(C)C)n3)cc2)CC1. The number of hydrogen-bond acceptors (Lipinski definition) is 8. The molecule has 0 atom stereocenters. The number of anilines is 2. The molecule has 200 valence electrons. The average molecular weight is 515 g/mol. The predicted molar refractivity (Wildman–Crippen MR) is 137 cm³/mol. The van der Waals surface area contributed by atoms with Gasteiger partial charge in [0.25, 0.3) is 0 Å². The van der Waals surface area contributed by atoms with Crippen LogP contribution in [0.2, 0.25) is 0 Å². The van der Waals surface area contributed by atoms with E-state index >= 15 is 0 Å². The van der Waals surface area contributed by atoms with Crippen molar-refractivity contribution in [2.45, 2.75) is 58.8 Å². The second-order valence-electron chi connectivity index (χ2n) is 11.0. The number of benzene rings is 1. The molecule has 11 heteroatoms. The highest BCUT2D eigenvalue weighted by molar-refractivity contribution is 5.90. The van der Waals surface area contributed by atoms with Gasteiger partial charge in [0.15, 0.2) is 0 Å². The molecule has 37 heavy (non-hydrogen) atoms. The number of carbonyl (C=O) groups excluding carboxylic acids is 2. The van der Waals surface area contributed by atoms with Crippen molar-refractivity contribution >= 4 is 24.0 Å². The number of piperazine rings is 1. The zero-order valence-electron chi connectivity index (χ0n) is 22.1. The molecule has 0 aliphatic carbocycles. The molecule has 0 bridgehead atoms. The summed E-state index contributed by atoms with van der Waals surface area (Å²) in [5.74, 6) is -0.479. The van der Waals surface area contributed by atoms with E-state index in [1.54, 1.807) is 4.90 Å². The van der Waals surface area contributed by atoms with Gasteiger partial charge in [0, 0.05) is 45.3 Å². The van der Waals surface area contributed by atoms with E-state index in [9.17, 15) is 14.0 Å².